The van der Waals surface area contributed by atoms with Gasteiger partial charge in [-0.25, -0.2) is 15.0 Å². The van der Waals surface area contributed by atoms with E-state index in [4.69, 9.17) is 9.47 Å². The van der Waals surface area contributed by atoms with Gasteiger partial charge in [-0.15, -0.1) is 0 Å². The van der Waals surface area contributed by atoms with Crippen molar-refractivity contribution in [1.82, 2.24) is 15.0 Å². The van der Waals surface area contributed by atoms with E-state index in [0.29, 0.717) is 28.8 Å². The summed E-state index contributed by atoms with van der Waals surface area (Å²) in [6.07, 6.45) is 1.70. The maximum atomic E-state index is 5.31. The van der Waals surface area contributed by atoms with Crippen molar-refractivity contribution in [3.05, 3.63) is 36.5 Å². The average Bonchev–Trinajstić information content (AvgIpc) is 2.65. The van der Waals surface area contributed by atoms with Gasteiger partial charge >= 0.3 is 0 Å². The number of benzene rings is 1. The Bertz CT molecular complexity index is 853. The molecule has 3 aromatic rings. The zero-order valence-electron chi connectivity index (χ0n) is 14.2. The van der Waals surface area contributed by atoms with Gasteiger partial charge in [-0.3, -0.25) is 0 Å². The molecule has 0 spiro atoms. The standard InChI is InChI=1S/C17H19N5O2S/c1-4-25-22-17-16(21-15-14(20-17)6-5-7-18-15)19-11-8-12(23-2)10-13(9-11)24-3/h5-10H,4H2,1-3H3,(H,20,22)(H,18,19,21). The van der Waals surface area contributed by atoms with E-state index >= 15 is 0 Å². The maximum absolute atomic E-state index is 5.31. The van der Waals surface area contributed by atoms with Gasteiger partial charge in [-0.05, 0) is 12.1 Å². The molecule has 1 aromatic carbocycles. The molecule has 130 valence electrons. The first-order valence-electron chi connectivity index (χ1n) is 7.74. The third-order valence-electron chi connectivity index (χ3n) is 3.37. The van der Waals surface area contributed by atoms with Crippen LogP contribution in [0.4, 0.5) is 17.3 Å². The highest BCUT2D eigenvalue weighted by Gasteiger charge is 2.11. The monoisotopic (exact) mass is 357 g/mol. The van der Waals surface area contributed by atoms with E-state index in [-0.39, 0.29) is 0 Å². The molecule has 0 amide bonds. The number of aromatic nitrogens is 3. The molecule has 7 nitrogen and oxygen atoms in total. The van der Waals surface area contributed by atoms with E-state index in [1.165, 1.54) is 0 Å². The summed E-state index contributed by atoms with van der Waals surface area (Å²) in [5.41, 5.74) is 2.09. The summed E-state index contributed by atoms with van der Waals surface area (Å²) in [6, 6.07) is 9.27. The predicted molar refractivity (Wildman–Crippen MR) is 102 cm³/mol. The lowest BCUT2D eigenvalue weighted by Crippen LogP contribution is -2.03. The minimum Gasteiger partial charge on any atom is -0.497 e. The second kappa shape index (κ2) is 7.89. The van der Waals surface area contributed by atoms with Crippen molar-refractivity contribution in [2.45, 2.75) is 6.92 Å². The molecule has 0 aliphatic heterocycles. The number of ether oxygens (including phenoxy) is 2. The quantitative estimate of drug-likeness (QED) is 0.617. The van der Waals surface area contributed by atoms with Crippen LogP contribution >= 0.6 is 11.9 Å². The Labute approximate surface area is 150 Å². The van der Waals surface area contributed by atoms with Gasteiger partial charge in [0.2, 0.25) is 0 Å². The molecular weight excluding hydrogens is 338 g/mol. The first-order valence-corrected chi connectivity index (χ1v) is 8.72. The Kier molecular flexibility index (Phi) is 5.39. The highest BCUT2D eigenvalue weighted by molar-refractivity contribution is 8.00. The van der Waals surface area contributed by atoms with Crippen molar-refractivity contribution >= 4 is 40.4 Å². The molecule has 2 aromatic heterocycles. The molecule has 3 rings (SSSR count). The van der Waals surface area contributed by atoms with E-state index in [1.807, 2.05) is 30.3 Å². The Balaban J connectivity index is 2.01. The zero-order valence-corrected chi connectivity index (χ0v) is 15.1. The molecule has 2 heterocycles. The highest BCUT2D eigenvalue weighted by atomic mass is 32.2. The Hall–Kier alpha value is -2.74. The number of anilines is 3. The van der Waals surface area contributed by atoms with Crippen molar-refractivity contribution in [2.24, 2.45) is 0 Å². The lowest BCUT2D eigenvalue weighted by molar-refractivity contribution is 0.395. The summed E-state index contributed by atoms with van der Waals surface area (Å²) < 4.78 is 13.8. The summed E-state index contributed by atoms with van der Waals surface area (Å²) in [6.45, 7) is 2.06. The topological polar surface area (TPSA) is 81.2 Å². The minimum atomic E-state index is 0.576. The molecule has 0 saturated carbocycles. The van der Waals surface area contributed by atoms with E-state index in [9.17, 15) is 0 Å². The predicted octanol–water partition coefficient (Wildman–Crippen LogP) is 3.87. The second-order valence-electron chi connectivity index (χ2n) is 5.03. The number of hydrogen-bond donors (Lipinski definition) is 2. The molecule has 0 aliphatic rings. The van der Waals surface area contributed by atoms with Crippen LogP contribution in [0.3, 0.4) is 0 Å². The summed E-state index contributed by atoms with van der Waals surface area (Å²) in [4.78, 5) is 13.5. The normalized spacial score (nSPS) is 10.5. The summed E-state index contributed by atoms with van der Waals surface area (Å²) >= 11 is 1.55. The molecule has 8 heteroatoms. The molecule has 0 fully saturated rings. The number of methoxy groups -OCH3 is 2. The van der Waals surface area contributed by atoms with Crippen LogP contribution in [0.2, 0.25) is 0 Å². The van der Waals surface area contributed by atoms with Crippen LogP contribution in [-0.4, -0.2) is 34.9 Å². The van der Waals surface area contributed by atoms with Crippen LogP contribution in [0.5, 0.6) is 11.5 Å². The first-order chi connectivity index (χ1) is 12.2. The number of hydrogen-bond acceptors (Lipinski definition) is 8. The molecule has 0 unspecified atom stereocenters. The van der Waals surface area contributed by atoms with Crippen LogP contribution < -0.4 is 19.5 Å². The van der Waals surface area contributed by atoms with Crippen LogP contribution in [0.25, 0.3) is 11.2 Å². The van der Waals surface area contributed by atoms with Gasteiger partial charge in [0.1, 0.15) is 17.0 Å². The molecule has 0 bridgehead atoms. The van der Waals surface area contributed by atoms with E-state index in [2.05, 4.69) is 31.9 Å². The third-order valence-corrected chi connectivity index (χ3v) is 3.99. The fourth-order valence-corrected chi connectivity index (χ4v) is 2.63. The Morgan fingerprint density at radius 1 is 1.04 bits per heavy atom. The van der Waals surface area contributed by atoms with Crippen molar-refractivity contribution in [3.63, 3.8) is 0 Å². The van der Waals surface area contributed by atoms with Crippen molar-refractivity contribution < 1.29 is 9.47 Å². The first kappa shape index (κ1) is 17.1. The number of nitrogens with zero attached hydrogens (tertiary/aromatic N) is 3. The Morgan fingerprint density at radius 3 is 2.48 bits per heavy atom. The van der Waals surface area contributed by atoms with Crippen LogP contribution in [0.1, 0.15) is 6.92 Å². The lowest BCUT2D eigenvalue weighted by atomic mass is 10.2. The summed E-state index contributed by atoms with van der Waals surface area (Å²) in [5.74, 6) is 3.51. The third kappa shape index (κ3) is 4.03. The molecule has 0 aliphatic carbocycles. The lowest BCUT2D eigenvalue weighted by Gasteiger charge is -2.13. The molecule has 0 saturated heterocycles. The van der Waals surface area contributed by atoms with Crippen molar-refractivity contribution in [3.8, 4) is 11.5 Å². The minimum absolute atomic E-state index is 0.576. The fourth-order valence-electron chi connectivity index (χ4n) is 2.21. The smallest absolute Gasteiger partial charge is 0.180 e. The van der Waals surface area contributed by atoms with Crippen LogP contribution in [0.15, 0.2) is 36.5 Å². The SMILES string of the molecule is CCSNc1nc2cccnc2nc1Nc1cc(OC)cc(OC)c1. The van der Waals surface area contributed by atoms with Gasteiger partial charge in [0.05, 0.1) is 14.2 Å². The van der Waals surface area contributed by atoms with Gasteiger partial charge in [0.15, 0.2) is 17.3 Å². The summed E-state index contributed by atoms with van der Waals surface area (Å²) in [7, 11) is 3.23. The molecule has 0 atom stereocenters. The van der Waals surface area contributed by atoms with Crippen LogP contribution in [0, 0.1) is 0 Å². The fraction of sp³-hybridized carbons (Fsp3) is 0.235. The molecular formula is C17H19N5O2S. The van der Waals surface area contributed by atoms with Crippen molar-refractivity contribution in [2.75, 3.05) is 30.0 Å². The largest absolute Gasteiger partial charge is 0.497 e. The number of nitrogens with one attached hydrogen (secondary N) is 2. The van der Waals surface area contributed by atoms with Crippen molar-refractivity contribution in [1.29, 1.82) is 0 Å². The Morgan fingerprint density at radius 2 is 1.80 bits per heavy atom. The molecule has 0 radical (unpaired) electrons. The number of fused-ring (bicyclic) bond motifs is 1. The van der Waals surface area contributed by atoms with Gasteiger partial charge in [-0.1, -0.05) is 18.9 Å². The van der Waals surface area contributed by atoms with Crippen LogP contribution in [-0.2, 0) is 0 Å². The number of pyridine rings is 1. The van der Waals surface area contributed by atoms with E-state index in [0.717, 1.165) is 17.0 Å². The second-order valence-corrected chi connectivity index (χ2v) is 6.10. The van der Waals surface area contributed by atoms with Gasteiger partial charge < -0.3 is 19.5 Å². The van der Waals surface area contributed by atoms with E-state index in [1.54, 1.807) is 32.4 Å². The zero-order chi connectivity index (χ0) is 17.6. The average molecular weight is 357 g/mol. The molecule has 2 N–H and O–H groups in total. The number of rotatable bonds is 7. The highest BCUT2D eigenvalue weighted by Crippen LogP contribution is 2.30. The summed E-state index contributed by atoms with van der Waals surface area (Å²) in [5, 5.41) is 3.27. The van der Waals surface area contributed by atoms with Gasteiger partial charge in [0.25, 0.3) is 0 Å². The van der Waals surface area contributed by atoms with E-state index < -0.39 is 0 Å². The maximum Gasteiger partial charge on any atom is 0.180 e. The van der Waals surface area contributed by atoms with Gasteiger partial charge in [0, 0.05) is 35.8 Å². The molecule has 25 heavy (non-hydrogen) atoms. The van der Waals surface area contributed by atoms with Gasteiger partial charge in [-0.2, -0.15) is 0 Å².